The zero-order valence-electron chi connectivity index (χ0n) is 15.9. The Morgan fingerprint density at radius 1 is 1.29 bits per heavy atom. The van der Waals surface area contributed by atoms with Crippen molar-refractivity contribution in [1.29, 1.82) is 0 Å². The van der Waals surface area contributed by atoms with Gasteiger partial charge in [-0.15, -0.1) is 0 Å². The summed E-state index contributed by atoms with van der Waals surface area (Å²) in [5, 5.41) is 6.62. The minimum absolute atomic E-state index is 0.0560. The number of hydrogen-bond donors (Lipinski definition) is 3. The van der Waals surface area contributed by atoms with Crippen LogP contribution in [-0.2, 0) is 11.3 Å². The highest BCUT2D eigenvalue weighted by atomic mass is 79.9. The lowest BCUT2D eigenvalue weighted by atomic mass is 9.75. The van der Waals surface area contributed by atoms with Crippen LogP contribution in [0.15, 0.2) is 58.3 Å². The standard InChI is InChI=1S/C21H23BrN4OS/c1-21(2)10-16(25-12-13-6-7-24-18(23)8-13)19(17(27)11-21)20(28)26-15-5-3-4-14(22)9-15/h3-9,25H,10-12H2,1-2H3,(H2,23,24)(H,26,28). The van der Waals surface area contributed by atoms with Gasteiger partial charge >= 0.3 is 0 Å². The molecule has 1 aromatic heterocycles. The SMILES string of the molecule is CC1(C)CC(=O)C(C(=S)Nc2cccc(Br)c2)=C(NCc2ccnc(N)c2)C1. The number of carbonyl (C=O) groups is 1. The van der Waals surface area contributed by atoms with Gasteiger partial charge in [-0.2, -0.15) is 0 Å². The monoisotopic (exact) mass is 458 g/mol. The zero-order chi connectivity index (χ0) is 20.3. The minimum Gasteiger partial charge on any atom is -0.384 e. The van der Waals surface area contributed by atoms with Crippen molar-refractivity contribution in [2.45, 2.75) is 33.2 Å². The number of thiocarbonyl (C=S) groups is 1. The molecule has 0 atom stereocenters. The topological polar surface area (TPSA) is 80.0 Å². The largest absolute Gasteiger partial charge is 0.384 e. The molecule has 1 aromatic carbocycles. The van der Waals surface area contributed by atoms with E-state index in [1.54, 1.807) is 6.20 Å². The van der Waals surface area contributed by atoms with Crippen LogP contribution in [0.4, 0.5) is 11.5 Å². The number of nitrogens with two attached hydrogens (primary N) is 1. The van der Waals surface area contributed by atoms with Crippen LogP contribution in [0.5, 0.6) is 0 Å². The molecule has 5 nitrogen and oxygen atoms in total. The van der Waals surface area contributed by atoms with Crippen LogP contribution < -0.4 is 16.4 Å². The second-order valence-electron chi connectivity index (χ2n) is 7.70. The maximum absolute atomic E-state index is 12.9. The summed E-state index contributed by atoms with van der Waals surface area (Å²) in [7, 11) is 0. The molecule has 0 amide bonds. The first-order chi connectivity index (χ1) is 13.2. The van der Waals surface area contributed by atoms with Gasteiger partial charge in [0.05, 0.1) is 5.57 Å². The minimum atomic E-state index is -0.119. The Bertz CT molecular complexity index is 955. The van der Waals surface area contributed by atoms with Crippen LogP contribution >= 0.6 is 28.1 Å². The number of carbonyl (C=O) groups excluding carboxylic acids is 1. The highest BCUT2D eigenvalue weighted by molar-refractivity contribution is 9.10. The number of nitrogens with zero attached hydrogens (tertiary/aromatic N) is 1. The number of allylic oxidation sites excluding steroid dienone is 1. The van der Waals surface area contributed by atoms with Gasteiger partial charge in [0.15, 0.2) is 5.78 Å². The molecule has 28 heavy (non-hydrogen) atoms. The molecule has 1 aliphatic carbocycles. The number of nitrogens with one attached hydrogen (secondary N) is 2. The summed E-state index contributed by atoms with van der Waals surface area (Å²) < 4.78 is 0.944. The van der Waals surface area contributed by atoms with E-state index in [0.717, 1.165) is 27.8 Å². The van der Waals surface area contributed by atoms with Crippen LogP contribution in [-0.4, -0.2) is 15.8 Å². The summed E-state index contributed by atoms with van der Waals surface area (Å²) in [4.78, 5) is 17.4. The van der Waals surface area contributed by atoms with Crippen LogP contribution in [0.2, 0.25) is 0 Å². The molecule has 3 rings (SSSR count). The van der Waals surface area contributed by atoms with E-state index < -0.39 is 0 Å². The molecule has 146 valence electrons. The van der Waals surface area contributed by atoms with Crippen molar-refractivity contribution in [3.05, 3.63) is 63.9 Å². The van der Waals surface area contributed by atoms with Gasteiger partial charge in [-0.1, -0.05) is 48.1 Å². The molecule has 0 spiro atoms. The van der Waals surface area contributed by atoms with E-state index in [0.29, 0.717) is 29.3 Å². The smallest absolute Gasteiger partial charge is 0.168 e. The third-order valence-corrected chi connectivity index (χ3v) is 5.34. The van der Waals surface area contributed by atoms with Crippen molar-refractivity contribution in [3.8, 4) is 0 Å². The summed E-state index contributed by atoms with van der Waals surface area (Å²) in [5.41, 5.74) is 8.92. The van der Waals surface area contributed by atoms with E-state index in [2.05, 4.69) is 45.4 Å². The number of aromatic nitrogens is 1. The van der Waals surface area contributed by atoms with Crippen LogP contribution in [0.3, 0.4) is 0 Å². The lowest BCUT2D eigenvalue weighted by Gasteiger charge is -2.33. The summed E-state index contributed by atoms with van der Waals surface area (Å²) in [6, 6.07) is 11.4. The molecule has 1 aliphatic rings. The Kier molecular flexibility index (Phi) is 6.15. The molecule has 0 unspecified atom stereocenters. The quantitative estimate of drug-likeness (QED) is 0.568. The highest BCUT2D eigenvalue weighted by Crippen LogP contribution is 2.36. The van der Waals surface area contributed by atoms with Crippen molar-refractivity contribution in [2.75, 3.05) is 11.1 Å². The predicted molar refractivity (Wildman–Crippen MR) is 121 cm³/mol. The Hall–Kier alpha value is -2.25. The van der Waals surface area contributed by atoms with Gasteiger partial charge in [-0.3, -0.25) is 4.79 Å². The van der Waals surface area contributed by atoms with Crippen molar-refractivity contribution in [2.24, 2.45) is 5.41 Å². The van der Waals surface area contributed by atoms with Gasteiger partial charge in [-0.25, -0.2) is 4.98 Å². The molecular weight excluding hydrogens is 436 g/mol. The number of rotatable bonds is 5. The molecule has 7 heteroatoms. The molecule has 0 saturated carbocycles. The molecular formula is C21H23BrN4OS. The first-order valence-electron chi connectivity index (χ1n) is 9.01. The first kappa shape index (κ1) is 20.5. The van der Waals surface area contributed by atoms with E-state index in [-0.39, 0.29) is 11.2 Å². The van der Waals surface area contributed by atoms with Crippen LogP contribution in [0, 0.1) is 5.41 Å². The fourth-order valence-corrected chi connectivity index (χ4v) is 4.06. The van der Waals surface area contributed by atoms with Crippen molar-refractivity contribution in [3.63, 3.8) is 0 Å². The van der Waals surface area contributed by atoms with Crippen molar-refractivity contribution >= 4 is 50.4 Å². The predicted octanol–water partition coefficient (Wildman–Crippen LogP) is 4.60. The molecule has 0 aliphatic heterocycles. The second kappa shape index (κ2) is 8.41. The van der Waals surface area contributed by atoms with Crippen LogP contribution in [0.1, 0.15) is 32.3 Å². The number of hydrogen-bond acceptors (Lipinski definition) is 5. The van der Waals surface area contributed by atoms with E-state index in [9.17, 15) is 4.79 Å². The number of anilines is 2. The highest BCUT2D eigenvalue weighted by Gasteiger charge is 2.34. The summed E-state index contributed by atoms with van der Waals surface area (Å²) in [6.07, 6.45) is 2.89. The Morgan fingerprint density at radius 3 is 2.79 bits per heavy atom. The number of benzene rings is 1. The average molecular weight is 459 g/mol. The molecule has 4 N–H and O–H groups in total. The third kappa shape index (κ3) is 5.17. The zero-order valence-corrected chi connectivity index (χ0v) is 18.3. The van der Waals surface area contributed by atoms with Gasteiger partial charge in [0.2, 0.25) is 0 Å². The Balaban J connectivity index is 1.87. The van der Waals surface area contributed by atoms with E-state index in [1.807, 2.05) is 36.4 Å². The molecule has 0 radical (unpaired) electrons. The lowest BCUT2D eigenvalue weighted by Crippen LogP contribution is -2.35. The molecule has 0 fully saturated rings. The lowest BCUT2D eigenvalue weighted by molar-refractivity contribution is -0.117. The molecule has 1 heterocycles. The fraction of sp³-hybridized carbons (Fsp3) is 0.286. The van der Waals surface area contributed by atoms with E-state index in [4.69, 9.17) is 18.0 Å². The summed E-state index contributed by atoms with van der Waals surface area (Å²) in [5.74, 6) is 0.529. The Labute approximate surface area is 178 Å². The molecule has 0 saturated heterocycles. The number of halogens is 1. The molecule has 0 bridgehead atoms. The maximum Gasteiger partial charge on any atom is 0.168 e. The van der Waals surface area contributed by atoms with Gasteiger partial charge in [0.25, 0.3) is 0 Å². The normalized spacial score (nSPS) is 16.0. The van der Waals surface area contributed by atoms with E-state index >= 15 is 0 Å². The summed E-state index contributed by atoms with van der Waals surface area (Å²) >= 11 is 9.06. The van der Waals surface area contributed by atoms with Gasteiger partial charge in [-0.05, 0) is 47.7 Å². The summed E-state index contributed by atoms with van der Waals surface area (Å²) in [6.45, 7) is 4.74. The number of nitrogen functional groups attached to an aromatic ring is 1. The van der Waals surface area contributed by atoms with Gasteiger partial charge in [0.1, 0.15) is 10.8 Å². The molecule has 2 aromatic rings. The average Bonchev–Trinajstić information content (AvgIpc) is 2.58. The van der Waals surface area contributed by atoms with Gasteiger partial charge < -0.3 is 16.4 Å². The first-order valence-corrected chi connectivity index (χ1v) is 10.2. The fourth-order valence-electron chi connectivity index (χ4n) is 3.31. The second-order valence-corrected chi connectivity index (χ2v) is 9.03. The number of pyridine rings is 1. The van der Waals surface area contributed by atoms with E-state index in [1.165, 1.54) is 0 Å². The Morgan fingerprint density at radius 2 is 2.07 bits per heavy atom. The van der Waals surface area contributed by atoms with Crippen molar-refractivity contribution in [1.82, 2.24) is 10.3 Å². The number of ketones is 1. The van der Waals surface area contributed by atoms with Crippen LogP contribution in [0.25, 0.3) is 0 Å². The third-order valence-electron chi connectivity index (χ3n) is 4.54. The van der Waals surface area contributed by atoms with Gasteiger partial charge in [0, 0.05) is 35.0 Å². The number of Topliss-reactive ketones (excluding diaryl/α,β-unsaturated/α-hetero) is 1. The maximum atomic E-state index is 12.9. The van der Waals surface area contributed by atoms with Crippen molar-refractivity contribution < 1.29 is 4.79 Å².